The number of rotatable bonds is 17. The summed E-state index contributed by atoms with van der Waals surface area (Å²) in [6.07, 6.45) is 1.76. The van der Waals surface area contributed by atoms with Crippen LogP contribution in [-0.2, 0) is 20.8 Å². The van der Waals surface area contributed by atoms with Gasteiger partial charge in [-0.25, -0.2) is 4.79 Å². The van der Waals surface area contributed by atoms with Crippen LogP contribution in [0.2, 0.25) is 0 Å². The Labute approximate surface area is 221 Å². The fraction of sp³-hybridized carbons (Fsp3) is 0.565. The minimum absolute atomic E-state index is 0.0173. The van der Waals surface area contributed by atoms with E-state index in [9.17, 15) is 24.1 Å². The van der Waals surface area contributed by atoms with Crippen molar-refractivity contribution in [2.45, 2.75) is 50.7 Å². The van der Waals surface area contributed by atoms with E-state index in [4.69, 9.17) is 23.1 Å². The van der Waals surface area contributed by atoms with Gasteiger partial charge in [-0.1, -0.05) is 30.3 Å². The van der Waals surface area contributed by atoms with Gasteiger partial charge in [0, 0.05) is 25.4 Å². The Kier molecular flexibility index (Phi) is 15.5. The number of carbonyl (C=O) groups is 4. The molecule has 0 bridgehead atoms. The molecule has 1 rings (SSSR count). The number of hydrogen-bond donors (Lipinski definition) is 6. The lowest BCUT2D eigenvalue weighted by atomic mass is 10.0. The largest absolute Gasteiger partial charge is 0.353 e. The zero-order valence-electron chi connectivity index (χ0n) is 21.0. The summed E-state index contributed by atoms with van der Waals surface area (Å²) in [5.74, 6) is -1.46. The van der Waals surface area contributed by atoms with Gasteiger partial charge < -0.3 is 32.7 Å². The van der Waals surface area contributed by atoms with E-state index < -0.39 is 41.9 Å². The lowest BCUT2D eigenvalue weighted by Crippen LogP contribution is -2.56. The maximum atomic E-state index is 13.2. The molecule has 0 heterocycles. The van der Waals surface area contributed by atoms with Crippen LogP contribution in [0.4, 0.5) is 4.79 Å². The number of nitrogens with one attached hydrogen (secondary N) is 4. The van der Waals surface area contributed by atoms with E-state index in [-0.39, 0.29) is 31.9 Å². The molecule has 0 unspecified atom stereocenters. The number of nitroso groups, excluding NO2 is 1. The maximum Gasteiger partial charge on any atom is 0.340 e. The molecule has 3 atom stereocenters. The highest BCUT2D eigenvalue weighted by atomic mass is 35.5. The van der Waals surface area contributed by atoms with E-state index in [1.165, 1.54) is 6.92 Å². The van der Waals surface area contributed by atoms with Gasteiger partial charge in [0.2, 0.25) is 17.7 Å². The predicted octanol–water partition coefficient (Wildman–Crippen LogP) is -0.277. The summed E-state index contributed by atoms with van der Waals surface area (Å²) in [5.41, 5.74) is 12.0. The lowest BCUT2D eigenvalue weighted by Gasteiger charge is -2.24. The smallest absolute Gasteiger partial charge is 0.340 e. The number of nitrogens with zero attached hydrogens (tertiary/aromatic N) is 2. The standard InChI is InChI=1S/C23H37ClN8O5/c1-16(26)20(33)30-19(15-17-7-3-2-4-8-17)22(35)29-18(9-5-6-11-25)21(34)27-12-13-28-23(36)32(31-37)14-10-24/h2-4,7-8,16,18-19H,5-6,9-15,25-26H2,1H3,(H,27,34)(H,28,36)(H,29,35)(H,30,33)/t16-,18+,19+/m1/s1. The Hall–Kier alpha value is -3.29. The third-order valence-electron chi connectivity index (χ3n) is 5.24. The van der Waals surface area contributed by atoms with E-state index in [0.717, 1.165) is 5.56 Å². The zero-order chi connectivity index (χ0) is 27.6. The lowest BCUT2D eigenvalue weighted by molar-refractivity contribution is -0.132. The fourth-order valence-electron chi connectivity index (χ4n) is 3.23. The van der Waals surface area contributed by atoms with E-state index in [1.807, 2.05) is 30.3 Å². The van der Waals surface area contributed by atoms with Crippen LogP contribution in [0.25, 0.3) is 0 Å². The van der Waals surface area contributed by atoms with Crippen LogP contribution in [-0.4, -0.2) is 78.9 Å². The van der Waals surface area contributed by atoms with Gasteiger partial charge in [-0.2, -0.15) is 5.01 Å². The molecule has 0 radical (unpaired) electrons. The fourth-order valence-corrected chi connectivity index (χ4v) is 3.39. The van der Waals surface area contributed by atoms with Crippen LogP contribution in [0.3, 0.4) is 0 Å². The summed E-state index contributed by atoms with van der Waals surface area (Å²) in [5, 5.41) is 13.7. The van der Waals surface area contributed by atoms with Crippen molar-refractivity contribution in [3.05, 3.63) is 40.8 Å². The van der Waals surface area contributed by atoms with Gasteiger partial charge in [0.1, 0.15) is 12.1 Å². The molecule has 0 aliphatic rings. The first-order valence-corrected chi connectivity index (χ1v) is 12.6. The number of unbranched alkanes of at least 4 members (excludes halogenated alkanes) is 1. The Bertz CT molecular complexity index is 874. The summed E-state index contributed by atoms with van der Waals surface area (Å²) in [7, 11) is 0. The van der Waals surface area contributed by atoms with Gasteiger partial charge in [-0.3, -0.25) is 14.4 Å². The monoisotopic (exact) mass is 540 g/mol. The minimum atomic E-state index is -0.950. The molecular formula is C23H37ClN8O5. The molecule has 0 fully saturated rings. The molecule has 0 aliphatic carbocycles. The van der Waals surface area contributed by atoms with Gasteiger partial charge in [0.15, 0.2) is 0 Å². The Balaban J connectivity index is 2.81. The Morgan fingerprint density at radius 3 is 2.22 bits per heavy atom. The van der Waals surface area contributed by atoms with Crippen molar-refractivity contribution in [2.24, 2.45) is 16.8 Å². The normalized spacial score (nSPS) is 13.0. The summed E-state index contributed by atoms with van der Waals surface area (Å²) < 4.78 is 0. The molecule has 8 N–H and O–H groups in total. The van der Waals surface area contributed by atoms with E-state index in [1.54, 1.807) is 0 Å². The molecular weight excluding hydrogens is 504 g/mol. The number of halogens is 1. The quantitative estimate of drug-likeness (QED) is 0.0674. The molecule has 0 aliphatic heterocycles. The van der Waals surface area contributed by atoms with Crippen LogP contribution >= 0.6 is 11.6 Å². The second-order valence-corrected chi connectivity index (χ2v) is 8.68. The van der Waals surface area contributed by atoms with Gasteiger partial charge in [-0.05, 0) is 38.3 Å². The predicted molar refractivity (Wildman–Crippen MR) is 140 cm³/mol. The first kappa shape index (κ1) is 31.7. The second-order valence-electron chi connectivity index (χ2n) is 8.30. The maximum absolute atomic E-state index is 13.2. The van der Waals surface area contributed by atoms with Crippen LogP contribution in [0.5, 0.6) is 0 Å². The van der Waals surface area contributed by atoms with Crippen LogP contribution in [0, 0.1) is 4.91 Å². The zero-order valence-corrected chi connectivity index (χ0v) is 21.7. The number of urea groups is 1. The molecule has 0 spiro atoms. The van der Waals surface area contributed by atoms with Crippen molar-refractivity contribution in [3.8, 4) is 0 Å². The molecule has 1 aromatic carbocycles. The third kappa shape index (κ3) is 12.5. The molecule has 37 heavy (non-hydrogen) atoms. The molecule has 0 aromatic heterocycles. The van der Waals surface area contributed by atoms with Gasteiger partial charge in [0.25, 0.3) is 0 Å². The van der Waals surface area contributed by atoms with Crippen molar-refractivity contribution in [1.82, 2.24) is 26.3 Å². The highest BCUT2D eigenvalue weighted by Gasteiger charge is 2.27. The molecule has 0 saturated heterocycles. The number of alkyl halides is 1. The van der Waals surface area contributed by atoms with Crippen LogP contribution in [0.1, 0.15) is 31.7 Å². The SMILES string of the molecule is C[C@@H](N)C(=O)N[C@@H](Cc1ccccc1)C(=O)N[C@@H](CCCCN)C(=O)NCCNC(=O)N(CCCl)N=O. The van der Waals surface area contributed by atoms with Crippen LogP contribution < -0.4 is 32.7 Å². The van der Waals surface area contributed by atoms with Crippen molar-refractivity contribution in [3.63, 3.8) is 0 Å². The molecule has 5 amide bonds. The number of benzene rings is 1. The number of nitrogens with two attached hydrogens (primary N) is 2. The molecule has 14 heteroatoms. The number of hydrogen-bond acceptors (Lipinski definition) is 8. The minimum Gasteiger partial charge on any atom is -0.353 e. The van der Waals surface area contributed by atoms with Crippen molar-refractivity contribution in [2.75, 3.05) is 32.1 Å². The highest BCUT2D eigenvalue weighted by molar-refractivity contribution is 6.18. The summed E-state index contributed by atoms with van der Waals surface area (Å²) in [6, 6.07) is 5.71. The highest BCUT2D eigenvalue weighted by Crippen LogP contribution is 2.06. The molecule has 206 valence electrons. The van der Waals surface area contributed by atoms with E-state index >= 15 is 0 Å². The van der Waals surface area contributed by atoms with Crippen LogP contribution in [0.15, 0.2) is 35.6 Å². The van der Waals surface area contributed by atoms with Gasteiger partial charge in [0.05, 0.1) is 17.9 Å². The first-order valence-electron chi connectivity index (χ1n) is 12.1. The number of amides is 5. The van der Waals surface area contributed by atoms with Crippen molar-refractivity contribution >= 4 is 35.4 Å². The third-order valence-corrected chi connectivity index (χ3v) is 5.41. The average Bonchev–Trinajstić information content (AvgIpc) is 2.88. The van der Waals surface area contributed by atoms with Gasteiger partial charge in [-0.15, -0.1) is 16.5 Å². The molecule has 0 saturated carbocycles. The van der Waals surface area contributed by atoms with E-state index in [0.29, 0.717) is 30.8 Å². The molecule has 1 aromatic rings. The first-order chi connectivity index (χ1) is 17.7. The summed E-state index contributed by atoms with van der Waals surface area (Å²) in [4.78, 5) is 60.8. The van der Waals surface area contributed by atoms with Crippen molar-refractivity contribution < 1.29 is 19.2 Å². The van der Waals surface area contributed by atoms with Gasteiger partial charge >= 0.3 is 6.03 Å². The Morgan fingerprint density at radius 1 is 0.973 bits per heavy atom. The van der Waals surface area contributed by atoms with E-state index in [2.05, 4.69) is 26.6 Å². The van der Waals surface area contributed by atoms with Crippen molar-refractivity contribution in [1.29, 1.82) is 0 Å². The topological polar surface area (TPSA) is 201 Å². The summed E-state index contributed by atoms with van der Waals surface area (Å²) >= 11 is 5.51. The summed E-state index contributed by atoms with van der Waals surface area (Å²) in [6.45, 7) is 1.94. The number of carbonyl (C=O) groups excluding carboxylic acids is 4. The Morgan fingerprint density at radius 2 is 1.62 bits per heavy atom. The molecule has 13 nitrogen and oxygen atoms in total. The average molecular weight is 541 g/mol. The second kappa shape index (κ2) is 18.0.